The molecule has 0 radical (unpaired) electrons. The fourth-order valence-electron chi connectivity index (χ4n) is 4.05. The summed E-state index contributed by atoms with van der Waals surface area (Å²) in [6.07, 6.45) is 0. The number of sulfone groups is 1. The van der Waals surface area contributed by atoms with Crippen molar-refractivity contribution in [3.05, 3.63) is 124 Å². The zero-order valence-corrected chi connectivity index (χ0v) is 23.6. The number of halogens is 2. The number of benzene rings is 4. The first-order valence-electron chi connectivity index (χ1n) is 12.2. The van der Waals surface area contributed by atoms with Gasteiger partial charge in [0.2, 0.25) is 0 Å². The average molecular weight is 577 g/mol. The maximum Gasteiger partial charge on any atom is 0.337 e. The summed E-state index contributed by atoms with van der Waals surface area (Å²) in [5.41, 5.74) is 2.47. The Morgan fingerprint density at radius 1 is 0.975 bits per heavy atom. The molecular formula is C32H26ClFO5S. The fourth-order valence-corrected chi connectivity index (χ4v) is 5.72. The molecule has 5 nitrogen and oxygen atoms in total. The van der Waals surface area contributed by atoms with E-state index in [9.17, 15) is 22.7 Å². The number of hydrogen-bond donors (Lipinski definition) is 1. The normalized spacial score (nSPS) is 11.4. The highest BCUT2D eigenvalue weighted by molar-refractivity contribution is 7.90. The Morgan fingerprint density at radius 2 is 1.70 bits per heavy atom. The predicted molar refractivity (Wildman–Crippen MR) is 153 cm³/mol. The fraction of sp³-hybridized carbons (Fsp3) is 0.156. The molecule has 0 fully saturated rings. The third-order valence-electron chi connectivity index (χ3n) is 6.24. The Bertz CT molecular complexity index is 1750. The maximum absolute atomic E-state index is 14.1. The molecule has 0 bridgehead atoms. The molecule has 1 N–H and O–H groups in total. The van der Waals surface area contributed by atoms with Crippen LogP contribution in [0.5, 0.6) is 0 Å². The van der Waals surface area contributed by atoms with Crippen LogP contribution in [0.25, 0.3) is 11.1 Å². The number of rotatable bonds is 6. The molecule has 0 amide bonds. The van der Waals surface area contributed by atoms with Gasteiger partial charge >= 0.3 is 5.97 Å². The Kier molecular flexibility index (Phi) is 8.45. The number of carbonyl (C=O) groups is 1. The molecule has 40 heavy (non-hydrogen) atoms. The lowest BCUT2D eigenvalue weighted by atomic mass is 9.99. The molecule has 8 heteroatoms. The van der Waals surface area contributed by atoms with Gasteiger partial charge in [-0.1, -0.05) is 59.8 Å². The minimum Gasteiger partial charge on any atom is -0.465 e. The summed E-state index contributed by atoms with van der Waals surface area (Å²) in [6, 6.07) is 21.9. The molecule has 0 saturated heterocycles. The molecule has 0 atom stereocenters. The number of hydrogen-bond acceptors (Lipinski definition) is 5. The summed E-state index contributed by atoms with van der Waals surface area (Å²) >= 11 is 6.42. The zero-order valence-electron chi connectivity index (χ0n) is 22.0. The molecule has 0 aliphatic carbocycles. The Morgan fingerprint density at radius 3 is 2.35 bits per heavy atom. The van der Waals surface area contributed by atoms with Gasteiger partial charge in [0, 0.05) is 21.7 Å². The smallest absolute Gasteiger partial charge is 0.337 e. The van der Waals surface area contributed by atoms with Crippen LogP contribution in [0.4, 0.5) is 4.39 Å². The Hall–Kier alpha value is -3.96. The quantitative estimate of drug-likeness (QED) is 0.208. The second-order valence-corrected chi connectivity index (χ2v) is 12.1. The van der Waals surface area contributed by atoms with Crippen LogP contribution in [0.3, 0.4) is 0 Å². The minimum atomic E-state index is -3.77. The van der Waals surface area contributed by atoms with Crippen molar-refractivity contribution < 1.29 is 27.4 Å². The van der Waals surface area contributed by atoms with Crippen molar-refractivity contribution in [1.82, 2.24) is 0 Å². The highest BCUT2D eigenvalue weighted by Gasteiger charge is 2.20. The second-order valence-electron chi connectivity index (χ2n) is 9.66. The Balaban J connectivity index is 1.63. The van der Waals surface area contributed by atoms with Crippen LogP contribution in [0, 0.1) is 17.7 Å². The number of aliphatic hydroxyl groups is 1. The summed E-state index contributed by atoms with van der Waals surface area (Å²) in [7, 11) is -2.48. The predicted octanol–water partition coefficient (Wildman–Crippen LogP) is 6.53. The first-order chi connectivity index (χ1) is 18.9. The van der Waals surface area contributed by atoms with E-state index < -0.39 is 27.2 Å². The van der Waals surface area contributed by atoms with Gasteiger partial charge in [-0.25, -0.2) is 17.6 Å². The zero-order chi connectivity index (χ0) is 29.1. The van der Waals surface area contributed by atoms with Crippen LogP contribution >= 0.6 is 11.6 Å². The highest BCUT2D eigenvalue weighted by Crippen LogP contribution is 2.30. The molecule has 0 aliphatic rings. The van der Waals surface area contributed by atoms with E-state index in [1.807, 2.05) is 6.07 Å². The van der Waals surface area contributed by atoms with Crippen molar-refractivity contribution >= 4 is 27.4 Å². The molecule has 4 aromatic carbocycles. The lowest BCUT2D eigenvalue weighted by Crippen LogP contribution is -2.15. The molecule has 4 rings (SSSR count). The summed E-state index contributed by atoms with van der Waals surface area (Å²) in [5.74, 6) is 4.50. The summed E-state index contributed by atoms with van der Waals surface area (Å²) < 4.78 is 45.2. The third-order valence-corrected chi connectivity index (χ3v) is 8.24. The molecule has 0 saturated carbocycles. The standard InChI is InChI=1S/C32H26ClFO5S/c1-32(2,36)26-11-14-28(15-12-26)40(37,38)20-25-9-13-27(34)18-22(25)8-7-21-5-4-6-23(17-21)29-16-10-24(19-30(29)33)31(35)39-3/h4-6,9-19,36H,20H2,1-3H3. The van der Waals surface area contributed by atoms with Crippen molar-refractivity contribution in [2.45, 2.75) is 30.1 Å². The van der Waals surface area contributed by atoms with Crippen LogP contribution in [0.1, 0.15) is 46.5 Å². The van der Waals surface area contributed by atoms with E-state index in [-0.39, 0.29) is 16.2 Å². The van der Waals surface area contributed by atoms with Gasteiger partial charge in [-0.05, 0) is 79.1 Å². The van der Waals surface area contributed by atoms with E-state index in [4.69, 9.17) is 16.3 Å². The van der Waals surface area contributed by atoms with Gasteiger partial charge < -0.3 is 9.84 Å². The van der Waals surface area contributed by atoms with Gasteiger partial charge in [-0.15, -0.1) is 0 Å². The maximum atomic E-state index is 14.1. The number of esters is 1. The van der Waals surface area contributed by atoms with Gasteiger partial charge in [0.25, 0.3) is 0 Å². The van der Waals surface area contributed by atoms with E-state index in [2.05, 4.69) is 11.8 Å². The SMILES string of the molecule is COC(=O)c1ccc(-c2cccc(C#Cc3cc(F)ccc3CS(=O)(=O)c3ccc(C(C)(C)O)cc3)c2)c(Cl)c1. The number of carbonyl (C=O) groups excluding carboxylic acids is 1. The van der Waals surface area contributed by atoms with Gasteiger partial charge in [0.15, 0.2) is 9.84 Å². The van der Waals surface area contributed by atoms with E-state index in [1.165, 1.54) is 43.5 Å². The van der Waals surface area contributed by atoms with E-state index in [1.54, 1.807) is 56.3 Å². The van der Waals surface area contributed by atoms with Crippen LogP contribution in [0.2, 0.25) is 5.02 Å². The molecular weight excluding hydrogens is 551 g/mol. The van der Waals surface area contributed by atoms with Crippen LogP contribution in [-0.2, 0) is 25.9 Å². The molecule has 0 unspecified atom stereocenters. The lowest BCUT2D eigenvalue weighted by molar-refractivity contribution is 0.0600. The number of methoxy groups -OCH3 is 1. The molecule has 0 aromatic heterocycles. The molecule has 204 valence electrons. The summed E-state index contributed by atoms with van der Waals surface area (Å²) in [6.45, 7) is 3.23. The van der Waals surface area contributed by atoms with Crippen LogP contribution < -0.4 is 0 Å². The largest absolute Gasteiger partial charge is 0.465 e. The van der Waals surface area contributed by atoms with Gasteiger partial charge in [0.1, 0.15) is 5.82 Å². The van der Waals surface area contributed by atoms with Gasteiger partial charge in [-0.2, -0.15) is 0 Å². The van der Waals surface area contributed by atoms with Crippen LogP contribution in [-0.4, -0.2) is 26.6 Å². The lowest BCUT2D eigenvalue weighted by Gasteiger charge is -2.18. The number of ether oxygens (including phenoxy) is 1. The molecule has 0 heterocycles. The van der Waals surface area contributed by atoms with E-state index in [0.717, 1.165) is 5.56 Å². The highest BCUT2D eigenvalue weighted by atomic mass is 35.5. The first-order valence-corrected chi connectivity index (χ1v) is 14.2. The summed E-state index contributed by atoms with van der Waals surface area (Å²) in [5, 5.41) is 10.5. The van der Waals surface area contributed by atoms with Gasteiger partial charge in [-0.3, -0.25) is 0 Å². The minimum absolute atomic E-state index is 0.0894. The Labute approximate surface area is 238 Å². The first kappa shape index (κ1) is 29.0. The monoisotopic (exact) mass is 576 g/mol. The average Bonchev–Trinajstić information content (AvgIpc) is 2.92. The van der Waals surface area contributed by atoms with Crippen molar-refractivity contribution in [1.29, 1.82) is 0 Å². The molecule has 0 spiro atoms. The van der Waals surface area contributed by atoms with Crippen molar-refractivity contribution in [2.75, 3.05) is 7.11 Å². The van der Waals surface area contributed by atoms with Gasteiger partial charge in [0.05, 0.1) is 28.9 Å². The molecule has 4 aromatic rings. The topological polar surface area (TPSA) is 80.7 Å². The van der Waals surface area contributed by atoms with Crippen molar-refractivity contribution in [3.63, 3.8) is 0 Å². The summed E-state index contributed by atoms with van der Waals surface area (Å²) in [4.78, 5) is 11.9. The van der Waals surface area contributed by atoms with Crippen molar-refractivity contribution in [3.8, 4) is 23.0 Å². The van der Waals surface area contributed by atoms with Crippen LogP contribution in [0.15, 0.2) is 89.8 Å². The third kappa shape index (κ3) is 6.78. The van der Waals surface area contributed by atoms with E-state index >= 15 is 0 Å². The van der Waals surface area contributed by atoms with E-state index in [0.29, 0.717) is 32.8 Å². The second kappa shape index (κ2) is 11.6. The van der Waals surface area contributed by atoms with Crippen molar-refractivity contribution in [2.24, 2.45) is 0 Å². The molecule has 0 aliphatic heterocycles.